The van der Waals surface area contributed by atoms with E-state index in [1.165, 1.54) is 38.5 Å². The van der Waals surface area contributed by atoms with E-state index in [4.69, 9.17) is 5.26 Å². The summed E-state index contributed by atoms with van der Waals surface area (Å²) in [7, 11) is 0. The second-order valence-corrected chi connectivity index (χ2v) is 4.51. The lowest BCUT2D eigenvalue weighted by molar-refractivity contribution is 0.611. The van der Waals surface area contributed by atoms with E-state index in [-0.39, 0.29) is 0 Å². The molecular formula is C16H22N2. The maximum atomic E-state index is 8.90. The third-order valence-corrected chi connectivity index (χ3v) is 2.97. The van der Waals surface area contributed by atoms with Crippen LogP contribution in [0.2, 0.25) is 0 Å². The molecule has 0 atom stereocenters. The monoisotopic (exact) mass is 242 g/mol. The van der Waals surface area contributed by atoms with Crippen LogP contribution in [0.3, 0.4) is 0 Å². The summed E-state index contributed by atoms with van der Waals surface area (Å²) in [6.45, 7) is 2.24. The zero-order valence-electron chi connectivity index (χ0n) is 11.2. The number of nitriles is 1. The number of hydrogen-bond acceptors (Lipinski definition) is 2. The molecule has 1 aromatic rings. The Morgan fingerprint density at radius 3 is 2.78 bits per heavy atom. The molecule has 0 N–H and O–H groups in total. The first kappa shape index (κ1) is 14.4. The Balaban J connectivity index is 2.23. The van der Waals surface area contributed by atoms with Gasteiger partial charge in [-0.3, -0.25) is 0 Å². The van der Waals surface area contributed by atoms with Crippen LogP contribution in [-0.4, -0.2) is 4.98 Å². The van der Waals surface area contributed by atoms with Crippen LogP contribution < -0.4 is 0 Å². The van der Waals surface area contributed by atoms with Crippen LogP contribution in [0.1, 0.15) is 63.1 Å². The molecule has 0 aliphatic heterocycles. The SMILES string of the molecule is CCCCCCCC/C=C/c1cccnc1C#N. The van der Waals surface area contributed by atoms with E-state index in [1.54, 1.807) is 6.20 Å². The van der Waals surface area contributed by atoms with E-state index in [0.717, 1.165) is 12.0 Å². The normalized spacial score (nSPS) is 10.7. The van der Waals surface area contributed by atoms with Gasteiger partial charge in [0.15, 0.2) is 0 Å². The van der Waals surface area contributed by atoms with Crippen molar-refractivity contribution in [1.82, 2.24) is 4.98 Å². The second kappa shape index (κ2) is 9.41. The molecule has 0 bridgehead atoms. The molecule has 1 heterocycles. The van der Waals surface area contributed by atoms with Crippen molar-refractivity contribution in [2.24, 2.45) is 0 Å². The Morgan fingerprint density at radius 1 is 1.22 bits per heavy atom. The number of nitrogens with zero attached hydrogens (tertiary/aromatic N) is 2. The van der Waals surface area contributed by atoms with Gasteiger partial charge in [-0.15, -0.1) is 0 Å². The van der Waals surface area contributed by atoms with Crippen molar-refractivity contribution in [3.8, 4) is 6.07 Å². The number of hydrogen-bond donors (Lipinski definition) is 0. The molecule has 2 nitrogen and oxygen atoms in total. The molecule has 0 saturated carbocycles. The van der Waals surface area contributed by atoms with Gasteiger partial charge in [-0.25, -0.2) is 4.98 Å². The average Bonchev–Trinajstić information content (AvgIpc) is 2.42. The van der Waals surface area contributed by atoms with Crippen molar-refractivity contribution in [2.75, 3.05) is 0 Å². The van der Waals surface area contributed by atoms with Crippen molar-refractivity contribution in [1.29, 1.82) is 5.26 Å². The largest absolute Gasteiger partial charge is 0.245 e. The number of rotatable bonds is 8. The van der Waals surface area contributed by atoms with E-state index in [2.05, 4.69) is 24.1 Å². The molecule has 0 amide bonds. The number of allylic oxidation sites excluding steroid dienone is 1. The third-order valence-electron chi connectivity index (χ3n) is 2.97. The van der Waals surface area contributed by atoms with Crippen LogP contribution >= 0.6 is 0 Å². The lowest BCUT2D eigenvalue weighted by Crippen LogP contribution is -1.85. The summed E-state index contributed by atoms with van der Waals surface area (Å²) in [5.74, 6) is 0. The summed E-state index contributed by atoms with van der Waals surface area (Å²) in [6, 6.07) is 5.91. The van der Waals surface area contributed by atoms with Crippen LogP contribution in [0.4, 0.5) is 0 Å². The summed E-state index contributed by atoms with van der Waals surface area (Å²) >= 11 is 0. The van der Waals surface area contributed by atoms with Crippen LogP contribution in [0.15, 0.2) is 24.4 Å². The quantitative estimate of drug-likeness (QED) is 0.618. The highest BCUT2D eigenvalue weighted by Crippen LogP contribution is 2.10. The average molecular weight is 242 g/mol. The van der Waals surface area contributed by atoms with Crippen molar-refractivity contribution < 1.29 is 0 Å². The van der Waals surface area contributed by atoms with E-state index in [1.807, 2.05) is 18.2 Å². The number of aromatic nitrogens is 1. The minimum atomic E-state index is 0.511. The summed E-state index contributed by atoms with van der Waals surface area (Å²) in [5, 5.41) is 8.90. The predicted molar refractivity (Wildman–Crippen MR) is 76.0 cm³/mol. The predicted octanol–water partition coefficient (Wildman–Crippen LogP) is 4.72. The van der Waals surface area contributed by atoms with Gasteiger partial charge in [-0.2, -0.15) is 5.26 Å². The standard InChI is InChI=1S/C16H22N2/c1-2-3-4-5-6-7-8-9-11-15-12-10-13-18-16(15)14-17/h9-13H,2-8H2,1H3/b11-9+. The van der Waals surface area contributed by atoms with Gasteiger partial charge >= 0.3 is 0 Å². The second-order valence-electron chi connectivity index (χ2n) is 4.51. The molecule has 0 radical (unpaired) electrons. The first-order valence-electron chi connectivity index (χ1n) is 6.90. The zero-order chi connectivity index (χ0) is 13.1. The lowest BCUT2D eigenvalue weighted by Gasteiger charge is -1.98. The molecule has 0 aromatic carbocycles. The Kier molecular flexibility index (Phi) is 7.55. The smallest absolute Gasteiger partial charge is 0.147 e. The molecule has 18 heavy (non-hydrogen) atoms. The molecule has 0 saturated heterocycles. The summed E-state index contributed by atoms with van der Waals surface area (Å²) in [6.07, 6.45) is 14.8. The molecule has 0 fully saturated rings. The third kappa shape index (κ3) is 5.63. The molecule has 0 aliphatic carbocycles. The van der Waals surface area contributed by atoms with Crippen molar-refractivity contribution in [2.45, 2.75) is 51.9 Å². The highest BCUT2D eigenvalue weighted by atomic mass is 14.7. The fourth-order valence-electron chi connectivity index (χ4n) is 1.90. The molecule has 0 unspecified atom stereocenters. The van der Waals surface area contributed by atoms with Gasteiger partial charge in [-0.05, 0) is 18.9 Å². The molecule has 1 aromatic heterocycles. The fourth-order valence-corrected chi connectivity index (χ4v) is 1.90. The summed E-state index contributed by atoms with van der Waals surface area (Å²) in [4.78, 5) is 4.03. The van der Waals surface area contributed by atoms with Gasteiger partial charge in [0, 0.05) is 11.8 Å². The number of unbranched alkanes of at least 4 members (excludes halogenated alkanes) is 6. The van der Waals surface area contributed by atoms with Gasteiger partial charge in [0.2, 0.25) is 0 Å². The maximum Gasteiger partial charge on any atom is 0.147 e. The highest BCUT2D eigenvalue weighted by Gasteiger charge is 1.96. The van der Waals surface area contributed by atoms with E-state index < -0.39 is 0 Å². The first-order valence-corrected chi connectivity index (χ1v) is 6.90. The Hall–Kier alpha value is -1.62. The van der Waals surface area contributed by atoms with Crippen molar-refractivity contribution in [3.05, 3.63) is 35.7 Å². The van der Waals surface area contributed by atoms with Crippen LogP contribution in [0, 0.1) is 11.3 Å². The van der Waals surface area contributed by atoms with Gasteiger partial charge in [-0.1, -0.05) is 57.2 Å². The Morgan fingerprint density at radius 2 is 2.00 bits per heavy atom. The first-order chi connectivity index (χ1) is 8.88. The maximum absolute atomic E-state index is 8.90. The van der Waals surface area contributed by atoms with Gasteiger partial charge < -0.3 is 0 Å². The summed E-state index contributed by atoms with van der Waals surface area (Å²) < 4.78 is 0. The number of pyridine rings is 1. The topological polar surface area (TPSA) is 36.7 Å². The Labute approximate surface area is 110 Å². The zero-order valence-corrected chi connectivity index (χ0v) is 11.2. The molecule has 0 spiro atoms. The van der Waals surface area contributed by atoms with Gasteiger partial charge in [0.1, 0.15) is 11.8 Å². The summed E-state index contributed by atoms with van der Waals surface area (Å²) in [5.41, 5.74) is 1.43. The molecular weight excluding hydrogens is 220 g/mol. The van der Waals surface area contributed by atoms with Crippen molar-refractivity contribution >= 4 is 6.08 Å². The molecule has 0 aliphatic rings. The molecule has 1 rings (SSSR count). The highest BCUT2D eigenvalue weighted by molar-refractivity contribution is 5.54. The van der Waals surface area contributed by atoms with Crippen LogP contribution in [0.5, 0.6) is 0 Å². The molecule has 2 heteroatoms. The van der Waals surface area contributed by atoms with Crippen LogP contribution in [-0.2, 0) is 0 Å². The minimum Gasteiger partial charge on any atom is -0.245 e. The fraction of sp³-hybridized carbons (Fsp3) is 0.500. The lowest BCUT2D eigenvalue weighted by atomic mass is 10.1. The van der Waals surface area contributed by atoms with Gasteiger partial charge in [0.25, 0.3) is 0 Å². The minimum absolute atomic E-state index is 0.511. The Bertz CT molecular complexity index is 402. The van der Waals surface area contributed by atoms with Crippen molar-refractivity contribution in [3.63, 3.8) is 0 Å². The molecule has 96 valence electrons. The van der Waals surface area contributed by atoms with E-state index >= 15 is 0 Å². The van der Waals surface area contributed by atoms with E-state index in [9.17, 15) is 0 Å². The van der Waals surface area contributed by atoms with Crippen LogP contribution in [0.25, 0.3) is 6.08 Å². The van der Waals surface area contributed by atoms with Gasteiger partial charge in [0.05, 0.1) is 0 Å². The van der Waals surface area contributed by atoms with E-state index in [0.29, 0.717) is 5.69 Å².